The van der Waals surface area contributed by atoms with Crippen molar-refractivity contribution >= 4 is 29.5 Å². The third-order valence-electron chi connectivity index (χ3n) is 7.32. The van der Waals surface area contributed by atoms with Gasteiger partial charge in [-0.15, -0.1) is 11.3 Å². The first kappa shape index (κ1) is 34.5. The number of aryl methyl sites for hydroxylation is 1. The van der Waals surface area contributed by atoms with Crippen LogP contribution in [0.1, 0.15) is 73.9 Å². The number of nitrogens with one attached hydrogen (secondary N) is 2. The van der Waals surface area contributed by atoms with Crippen LogP contribution in [0.15, 0.2) is 12.3 Å². The number of nitrogens with zero attached hydrogens (tertiary/aromatic N) is 3. The van der Waals surface area contributed by atoms with Gasteiger partial charge in [-0.3, -0.25) is 9.59 Å². The van der Waals surface area contributed by atoms with Crippen molar-refractivity contribution in [2.45, 2.75) is 83.5 Å². The van der Waals surface area contributed by atoms with E-state index in [1.807, 2.05) is 0 Å². The van der Waals surface area contributed by atoms with Gasteiger partial charge in [0.2, 0.25) is 6.41 Å². The number of carbonyl (C=O) groups is 2. The summed E-state index contributed by atoms with van der Waals surface area (Å²) < 4.78 is 92.6. The fourth-order valence-electron chi connectivity index (χ4n) is 4.66. The Balaban J connectivity index is 0.000000428. The van der Waals surface area contributed by atoms with Crippen LogP contribution in [0.3, 0.4) is 0 Å². The first-order valence-electron chi connectivity index (χ1n) is 13.4. The highest BCUT2D eigenvalue weighted by molar-refractivity contribution is 7.17. The number of likely N-dealkylation sites (tertiary alicyclic amines) is 1. The molecule has 0 spiro atoms. The van der Waals surface area contributed by atoms with Gasteiger partial charge in [-0.25, -0.2) is 27.5 Å². The SMILES string of the molecule is CC1CC(F)(F)CN1C=O.Cc1nc(C(=O)NCC(C)(C)O)sc1-c1cnc(NCC2(C(F)(F)F)CCC2)cc1C(F)F. The zero-order valence-corrected chi connectivity index (χ0v) is 24.8. The summed E-state index contributed by atoms with van der Waals surface area (Å²) in [6, 6.07) is 0.725. The molecule has 0 radical (unpaired) electrons. The van der Waals surface area contributed by atoms with Gasteiger partial charge in [0.25, 0.3) is 18.3 Å². The lowest BCUT2D eigenvalue weighted by atomic mass is 9.68. The van der Waals surface area contributed by atoms with Gasteiger partial charge in [-0.2, -0.15) is 13.2 Å². The van der Waals surface area contributed by atoms with Crippen LogP contribution in [0.5, 0.6) is 0 Å². The van der Waals surface area contributed by atoms with Gasteiger partial charge in [0.1, 0.15) is 5.82 Å². The van der Waals surface area contributed by atoms with Crippen molar-refractivity contribution in [2.75, 3.05) is 25.0 Å². The topological polar surface area (TPSA) is 107 Å². The second-order valence-electron chi connectivity index (χ2n) is 11.6. The number of aliphatic hydroxyl groups is 1. The number of halogens is 7. The summed E-state index contributed by atoms with van der Waals surface area (Å²) in [5.74, 6) is -3.30. The summed E-state index contributed by atoms with van der Waals surface area (Å²) >= 11 is 0.895. The molecule has 1 saturated heterocycles. The molecule has 2 aliphatic rings. The minimum atomic E-state index is -4.38. The molecule has 2 amide bonds. The second kappa shape index (κ2) is 12.9. The summed E-state index contributed by atoms with van der Waals surface area (Å²) in [5.41, 5.74) is -3.02. The summed E-state index contributed by atoms with van der Waals surface area (Å²) in [4.78, 5) is 32.0. The van der Waals surface area contributed by atoms with E-state index in [4.69, 9.17) is 0 Å². The Kier molecular flexibility index (Phi) is 10.4. The van der Waals surface area contributed by atoms with Crippen molar-refractivity contribution in [3.05, 3.63) is 28.5 Å². The first-order valence-corrected chi connectivity index (χ1v) is 14.2. The van der Waals surface area contributed by atoms with Gasteiger partial charge in [-0.1, -0.05) is 6.42 Å². The van der Waals surface area contributed by atoms with Crippen LogP contribution in [0.4, 0.5) is 36.6 Å². The lowest BCUT2D eigenvalue weighted by molar-refractivity contribution is -0.244. The maximum Gasteiger partial charge on any atom is 0.396 e. The third-order valence-corrected chi connectivity index (χ3v) is 8.51. The van der Waals surface area contributed by atoms with E-state index in [9.17, 15) is 45.4 Å². The molecule has 4 rings (SSSR count). The van der Waals surface area contributed by atoms with Crippen LogP contribution in [0, 0.1) is 12.3 Å². The van der Waals surface area contributed by atoms with Gasteiger partial charge in [0.05, 0.1) is 28.1 Å². The summed E-state index contributed by atoms with van der Waals surface area (Å²) in [5, 5.41) is 14.9. The molecule has 43 heavy (non-hydrogen) atoms. The molecule has 1 saturated carbocycles. The van der Waals surface area contributed by atoms with Crippen LogP contribution in [0.25, 0.3) is 10.4 Å². The lowest BCUT2D eigenvalue weighted by Crippen LogP contribution is -2.48. The van der Waals surface area contributed by atoms with Gasteiger partial charge < -0.3 is 20.6 Å². The number of alkyl halides is 7. The predicted molar refractivity (Wildman–Crippen MR) is 146 cm³/mol. The summed E-state index contributed by atoms with van der Waals surface area (Å²) in [7, 11) is 0. The Morgan fingerprint density at radius 2 is 1.93 bits per heavy atom. The highest BCUT2D eigenvalue weighted by Gasteiger charge is 2.58. The Morgan fingerprint density at radius 3 is 2.37 bits per heavy atom. The zero-order chi connectivity index (χ0) is 32.4. The minimum absolute atomic E-state index is 0.0122. The molecule has 1 aliphatic carbocycles. The second-order valence-corrected chi connectivity index (χ2v) is 12.6. The largest absolute Gasteiger partial charge is 0.396 e. The molecular weight excluding hydrogens is 607 g/mol. The van der Waals surface area contributed by atoms with Crippen LogP contribution in [-0.2, 0) is 4.79 Å². The number of hydrogen-bond donors (Lipinski definition) is 3. The summed E-state index contributed by atoms with van der Waals surface area (Å²) in [6.45, 7) is 5.34. The number of thiazole rings is 1. The van der Waals surface area contributed by atoms with E-state index in [2.05, 4.69) is 20.6 Å². The number of anilines is 1. The maximum atomic E-state index is 13.8. The van der Waals surface area contributed by atoms with E-state index in [1.165, 1.54) is 13.8 Å². The molecule has 0 bridgehead atoms. The molecule has 1 aliphatic heterocycles. The average Bonchev–Trinajstić information content (AvgIpc) is 3.38. The van der Waals surface area contributed by atoms with Crippen molar-refractivity contribution in [3.8, 4) is 10.4 Å². The highest BCUT2D eigenvalue weighted by atomic mass is 32.1. The molecule has 0 aromatic carbocycles. The highest BCUT2D eigenvalue weighted by Crippen LogP contribution is 2.53. The smallest absolute Gasteiger partial charge is 0.389 e. The van der Waals surface area contributed by atoms with Crippen LogP contribution in [-0.4, -0.2) is 75.7 Å². The molecule has 8 nitrogen and oxygen atoms in total. The van der Waals surface area contributed by atoms with Crippen LogP contribution < -0.4 is 10.6 Å². The molecule has 1 atom stereocenters. The van der Waals surface area contributed by atoms with Crippen LogP contribution >= 0.6 is 11.3 Å². The molecule has 3 N–H and O–H groups in total. The Hall–Kier alpha value is -3.01. The fourth-order valence-corrected chi connectivity index (χ4v) is 5.67. The van der Waals surface area contributed by atoms with E-state index in [-0.39, 0.29) is 48.2 Å². The molecule has 3 heterocycles. The average molecular weight is 642 g/mol. The van der Waals surface area contributed by atoms with Gasteiger partial charge in [0.15, 0.2) is 5.01 Å². The number of aromatic nitrogens is 2. The molecule has 2 aromatic heterocycles. The standard InChI is InChI=1S/C21H25F5N4O2S.C6H9F2NO/c1-11-15(33-18(30-11)17(31)29-9-19(2,3)32)13-8-27-14(7-12(13)16(22)23)28-10-20(5-4-6-20)21(24,25)26;1-5-2-6(7,8)3-9(5)4-10/h7-8,16,32H,4-6,9-10H2,1-3H3,(H,27,28)(H,29,31);4-5H,2-3H2,1H3. The van der Waals surface area contributed by atoms with Gasteiger partial charge >= 0.3 is 6.18 Å². The molecule has 2 fully saturated rings. The van der Waals surface area contributed by atoms with Crippen LogP contribution in [0.2, 0.25) is 0 Å². The quantitative estimate of drug-likeness (QED) is 0.230. The lowest BCUT2D eigenvalue weighted by Gasteiger charge is -2.43. The number of pyridine rings is 1. The van der Waals surface area contributed by atoms with Crippen molar-refractivity contribution in [3.63, 3.8) is 0 Å². The van der Waals surface area contributed by atoms with E-state index in [1.54, 1.807) is 13.8 Å². The Labute approximate surface area is 248 Å². The zero-order valence-electron chi connectivity index (χ0n) is 24.0. The van der Waals surface area contributed by atoms with E-state index >= 15 is 0 Å². The number of carbonyl (C=O) groups excluding carboxylic acids is 2. The molecule has 16 heteroatoms. The third kappa shape index (κ3) is 8.55. The number of hydrogen-bond acceptors (Lipinski definition) is 7. The molecular formula is C27H34F7N5O3S. The van der Waals surface area contributed by atoms with E-state index in [0.29, 0.717) is 23.4 Å². The number of amides is 2. The fraction of sp³-hybridized carbons (Fsp3) is 0.630. The van der Waals surface area contributed by atoms with E-state index < -0.39 is 54.1 Å². The van der Waals surface area contributed by atoms with Crippen molar-refractivity contribution in [1.82, 2.24) is 20.2 Å². The molecule has 240 valence electrons. The Morgan fingerprint density at radius 1 is 1.28 bits per heavy atom. The predicted octanol–water partition coefficient (Wildman–Crippen LogP) is 5.97. The van der Waals surface area contributed by atoms with E-state index in [0.717, 1.165) is 28.5 Å². The Bertz CT molecular complexity index is 1290. The van der Waals surface area contributed by atoms with Gasteiger partial charge in [0, 0.05) is 42.9 Å². The molecule has 2 aromatic rings. The minimum Gasteiger partial charge on any atom is -0.389 e. The first-order chi connectivity index (χ1) is 19.8. The summed E-state index contributed by atoms with van der Waals surface area (Å²) in [6.07, 6.45) is -5.43. The number of rotatable bonds is 9. The van der Waals surface area contributed by atoms with Crippen molar-refractivity contribution in [2.24, 2.45) is 5.41 Å². The van der Waals surface area contributed by atoms with Crippen molar-refractivity contribution in [1.29, 1.82) is 0 Å². The maximum absolute atomic E-state index is 13.8. The monoisotopic (exact) mass is 641 g/mol. The van der Waals surface area contributed by atoms with Gasteiger partial charge in [-0.05, 0) is 46.6 Å². The molecule has 1 unspecified atom stereocenters. The normalized spacial score (nSPS) is 19.4. The van der Waals surface area contributed by atoms with Crippen molar-refractivity contribution < 1.29 is 45.4 Å².